The van der Waals surface area contributed by atoms with Crippen LogP contribution in [-0.4, -0.2) is 22.0 Å². The summed E-state index contributed by atoms with van der Waals surface area (Å²) < 4.78 is 17.8. The van der Waals surface area contributed by atoms with Gasteiger partial charge >= 0.3 is 0 Å². The molecular weight excluding hydrogens is 1080 g/mol. The Morgan fingerprint density at radius 2 is 0.687 bits per heavy atom. The first kappa shape index (κ1) is 62.8. The van der Waals surface area contributed by atoms with E-state index in [1.807, 2.05) is 8.80 Å². The summed E-state index contributed by atoms with van der Waals surface area (Å²) >= 11 is 5.10. The Bertz CT molecular complexity index is 3490. The van der Waals surface area contributed by atoms with Crippen molar-refractivity contribution in [2.75, 3.05) is 13.2 Å². The molecule has 0 aliphatic carbocycles. The molecule has 9 heteroatoms. The van der Waals surface area contributed by atoms with Crippen LogP contribution in [0, 0.1) is 25.7 Å². The molecule has 0 fully saturated rings. The number of fused-ring (bicyclic) bond motifs is 6. The molecule has 0 amide bonds. The van der Waals surface area contributed by atoms with E-state index in [-0.39, 0.29) is 11.1 Å². The topological polar surface area (TPSA) is 61.4 Å². The van der Waals surface area contributed by atoms with E-state index < -0.39 is 0 Å². The minimum absolute atomic E-state index is 0.0620. The third-order valence-electron chi connectivity index (χ3n) is 18.1. The average Bonchev–Trinajstić information content (AvgIpc) is 1.63. The molecule has 0 aliphatic heterocycles. The molecule has 83 heavy (non-hydrogen) atoms. The molecule has 2 atom stereocenters. The Hall–Kier alpha value is -4.70. The number of rotatable bonds is 41. The maximum atomic E-state index is 16.1. The number of ether oxygens (including phenoxy) is 2. The number of aromatic nitrogens is 2. The molecule has 0 aliphatic rings. The summed E-state index contributed by atoms with van der Waals surface area (Å²) in [7, 11) is 0. The number of pyridine rings is 2. The zero-order valence-electron chi connectivity index (χ0n) is 51.9. The summed E-state index contributed by atoms with van der Waals surface area (Å²) in [6, 6.07) is 25.5. The van der Waals surface area contributed by atoms with Crippen LogP contribution in [0.15, 0.2) is 82.4 Å². The number of hydrogen-bond acceptors (Lipinski definition) is 7. The summed E-state index contributed by atoms with van der Waals surface area (Å²) in [6.07, 6.45) is 41.4. The third-order valence-corrected chi connectivity index (χ3v) is 21.4. The van der Waals surface area contributed by atoms with Crippen LogP contribution in [0.2, 0.25) is 0 Å². The van der Waals surface area contributed by atoms with Crippen LogP contribution < -0.4 is 20.6 Å². The molecule has 9 rings (SSSR count). The SMILES string of the molecule is CCCCCCCCCCC(CCCCCCCC)COc1ccc2c(c1)c1c(-c3ccc(C)s3)c(=O)n3c4ccc(OCC(CCCCCCCC)CCCCCCCCCC)cc4c4c(-c5ccc(-c6ccc(C)s6)s5)c(=O)n2c1c43. The number of benzene rings is 2. The first-order valence-corrected chi connectivity index (χ1v) is 35.9. The van der Waals surface area contributed by atoms with E-state index in [0.717, 1.165) is 74.6 Å². The van der Waals surface area contributed by atoms with E-state index in [2.05, 4.69) is 114 Å². The number of nitrogens with zero attached hydrogens (tertiary/aromatic N) is 2. The fraction of sp³-hybridized carbons (Fsp3) is 0.568. The Kier molecular flexibility index (Phi) is 24.3. The van der Waals surface area contributed by atoms with Gasteiger partial charge in [0.1, 0.15) is 11.5 Å². The Labute approximate surface area is 510 Å². The van der Waals surface area contributed by atoms with Crippen LogP contribution in [0.3, 0.4) is 0 Å². The molecule has 0 radical (unpaired) electrons. The zero-order chi connectivity index (χ0) is 57.9. The predicted molar refractivity (Wildman–Crippen MR) is 364 cm³/mol. The van der Waals surface area contributed by atoms with Crippen molar-refractivity contribution < 1.29 is 9.47 Å². The molecule has 0 saturated heterocycles. The standard InChI is InChI=1S/C74H100N2O4S3/c1-7-11-15-19-23-25-29-33-37-55(35-31-27-21-17-13-9-3)51-79-57-41-43-61-59(49-57)67-69(65-46-40-54(6)82-65)73(77)75-62-44-42-58(80-52-56(36-32-28-22-18-14-10-4)38-34-30-26-24-20-16-12-8-2)50-60(62)68-70(74(78)76(61)71(67)72(68)75)66-48-47-64(83-66)63-45-39-53(5)81-63/h39-50,55-56H,7-38,51-52H2,1-6H3. The van der Waals surface area contributed by atoms with Crippen molar-refractivity contribution in [3.63, 3.8) is 0 Å². The van der Waals surface area contributed by atoms with Crippen LogP contribution in [0.25, 0.3) is 74.2 Å². The van der Waals surface area contributed by atoms with Crippen molar-refractivity contribution in [1.82, 2.24) is 8.80 Å². The molecule has 0 N–H and O–H groups in total. The van der Waals surface area contributed by atoms with Crippen molar-refractivity contribution in [3.8, 4) is 42.1 Å². The van der Waals surface area contributed by atoms with E-state index in [1.165, 1.54) is 215 Å². The maximum absolute atomic E-state index is 16.1. The third kappa shape index (κ3) is 15.8. The first-order valence-electron chi connectivity index (χ1n) is 33.4. The van der Waals surface area contributed by atoms with Gasteiger partial charge in [0.05, 0.1) is 46.4 Å². The molecule has 0 bridgehead atoms. The fourth-order valence-corrected chi connectivity index (χ4v) is 16.3. The molecule has 0 saturated carbocycles. The lowest BCUT2D eigenvalue weighted by Gasteiger charge is -2.18. The van der Waals surface area contributed by atoms with Gasteiger partial charge in [-0.1, -0.05) is 207 Å². The molecule has 6 nitrogen and oxygen atoms in total. The quantitative estimate of drug-likeness (QED) is 0.0358. The molecule has 448 valence electrons. The van der Waals surface area contributed by atoms with Gasteiger partial charge in [0.15, 0.2) is 0 Å². The minimum Gasteiger partial charge on any atom is -0.493 e. The van der Waals surface area contributed by atoms with Gasteiger partial charge in [-0.25, -0.2) is 0 Å². The fourth-order valence-electron chi connectivity index (χ4n) is 13.3. The number of thiophene rings is 3. The lowest BCUT2D eigenvalue weighted by Crippen LogP contribution is -2.19. The van der Waals surface area contributed by atoms with Crippen molar-refractivity contribution >= 4 is 77.6 Å². The molecule has 2 aromatic carbocycles. The summed E-state index contributed by atoms with van der Waals surface area (Å²) in [5.74, 6) is 2.55. The highest BCUT2D eigenvalue weighted by Crippen LogP contribution is 2.48. The lowest BCUT2D eigenvalue weighted by molar-refractivity contribution is 0.224. The van der Waals surface area contributed by atoms with E-state index in [4.69, 9.17) is 9.47 Å². The van der Waals surface area contributed by atoms with Gasteiger partial charge in [-0.2, -0.15) is 0 Å². The highest BCUT2D eigenvalue weighted by Gasteiger charge is 2.31. The monoisotopic (exact) mass is 1180 g/mol. The largest absolute Gasteiger partial charge is 0.493 e. The predicted octanol–water partition coefficient (Wildman–Crippen LogP) is 23.6. The van der Waals surface area contributed by atoms with Crippen molar-refractivity contribution in [1.29, 1.82) is 0 Å². The number of unbranched alkanes of at least 4 members (excludes halogenated alkanes) is 24. The van der Waals surface area contributed by atoms with E-state index in [1.54, 1.807) is 34.0 Å². The summed E-state index contributed by atoms with van der Waals surface area (Å²) in [5, 5.41) is 3.43. The van der Waals surface area contributed by atoms with Gasteiger partial charge in [-0.3, -0.25) is 18.4 Å². The van der Waals surface area contributed by atoms with Crippen LogP contribution >= 0.6 is 34.0 Å². The van der Waals surface area contributed by atoms with Gasteiger partial charge in [0.25, 0.3) is 11.1 Å². The Morgan fingerprint density at radius 3 is 1.05 bits per heavy atom. The first-order chi connectivity index (χ1) is 40.7. The molecule has 7 aromatic heterocycles. The van der Waals surface area contributed by atoms with Crippen molar-refractivity contribution in [2.45, 2.75) is 247 Å². The van der Waals surface area contributed by atoms with Gasteiger partial charge in [0, 0.05) is 50.8 Å². The van der Waals surface area contributed by atoms with Crippen LogP contribution in [-0.2, 0) is 0 Å². The Morgan fingerprint density at radius 1 is 0.373 bits per heavy atom. The zero-order valence-corrected chi connectivity index (χ0v) is 54.3. The molecule has 0 spiro atoms. The second kappa shape index (κ2) is 32.2. The normalized spacial score (nSPS) is 12.9. The highest BCUT2D eigenvalue weighted by atomic mass is 32.1. The van der Waals surface area contributed by atoms with Crippen LogP contribution in [0.1, 0.15) is 243 Å². The van der Waals surface area contributed by atoms with Crippen LogP contribution in [0.5, 0.6) is 11.5 Å². The van der Waals surface area contributed by atoms with Gasteiger partial charge in [-0.05, 0) is 124 Å². The van der Waals surface area contributed by atoms with E-state index in [0.29, 0.717) is 36.2 Å². The number of hydrogen-bond donors (Lipinski definition) is 0. The minimum atomic E-state index is -0.0664. The van der Waals surface area contributed by atoms with Gasteiger partial charge in [0.2, 0.25) is 0 Å². The second-order valence-electron chi connectivity index (χ2n) is 24.8. The van der Waals surface area contributed by atoms with Crippen molar-refractivity contribution in [3.05, 3.63) is 103 Å². The molecule has 7 heterocycles. The molecule has 9 aromatic rings. The summed E-state index contributed by atoms with van der Waals surface area (Å²) in [6.45, 7) is 14.8. The van der Waals surface area contributed by atoms with Gasteiger partial charge in [-0.15, -0.1) is 34.0 Å². The van der Waals surface area contributed by atoms with Crippen molar-refractivity contribution in [2.24, 2.45) is 11.8 Å². The molecule has 2 unspecified atom stereocenters. The Balaban J connectivity index is 1.11. The maximum Gasteiger partial charge on any atom is 0.265 e. The highest BCUT2D eigenvalue weighted by molar-refractivity contribution is 7.24. The second-order valence-corrected chi connectivity index (χ2v) is 28.5. The number of aryl methyl sites for hydroxylation is 2. The molecular formula is C74H100N2O4S3. The average molecular weight is 1180 g/mol. The van der Waals surface area contributed by atoms with Gasteiger partial charge < -0.3 is 9.47 Å². The smallest absolute Gasteiger partial charge is 0.265 e. The van der Waals surface area contributed by atoms with Crippen LogP contribution in [0.4, 0.5) is 0 Å². The summed E-state index contributed by atoms with van der Waals surface area (Å²) in [5.41, 5.74) is 4.36. The lowest BCUT2D eigenvalue weighted by atomic mass is 9.94. The van der Waals surface area contributed by atoms with E-state index >= 15 is 9.59 Å². The van der Waals surface area contributed by atoms with E-state index in [9.17, 15) is 0 Å². The summed E-state index contributed by atoms with van der Waals surface area (Å²) in [4.78, 5) is 38.6.